The predicted molar refractivity (Wildman–Crippen MR) is 93.8 cm³/mol. The summed E-state index contributed by atoms with van der Waals surface area (Å²) in [6.45, 7) is -4.03. The molecule has 0 unspecified atom stereocenters. The second-order valence-corrected chi connectivity index (χ2v) is 6.54. The molecule has 1 atom stereocenters. The van der Waals surface area contributed by atoms with Gasteiger partial charge in [-0.2, -0.15) is 27.1 Å². The molecule has 156 valence electrons. The minimum Gasteiger partial charge on any atom is -0.382 e. The van der Waals surface area contributed by atoms with Gasteiger partial charge in [0.2, 0.25) is 5.91 Å². The number of carbonyl (C=O) groups is 1. The molecule has 1 aliphatic heterocycles. The first-order valence-corrected chi connectivity index (χ1v) is 8.59. The largest absolute Gasteiger partial charge is 0.416 e. The van der Waals surface area contributed by atoms with Crippen molar-refractivity contribution in [1.82, 2.24) is 14.8 Å². The Morgan fingerprint density at radius 2 is 1.86 bits per heavy atom. The smallest absolute Gasteiger partial charge is 0.382 e. The number of alkyl halides is 5. The Balaban J connectivity index is 2.05. The van der Waals surface area contributed by atoms with Crippen LogP contribution in [0.5, 0.6) is 0 Å². The molecule has 0 fully saturated rings. The number of benzene rings is 1. The van der Waals surface area contributed by atoms with Crippen LogP contribution in [0.1, 0.15) is 18.5 Å². The third-order valence-corrected chi connectivity index (χ3v) is 4.37. The summed E-state index contributed by atoms with van der Waals surface area (Å²) in [5, 5.41) is 15.1. The molecule has 2 aromatic rings. The van der Waals surface area contributed by atoms with E-state index in [1.54, 1.807) is 0 Å². The summed E-state index contributed by atoms with van der Waals surface area (Å²) in [6, 6.07) is 6.06. The van der Waals surface area contributed by atoms with Crippen LogP contribution < -0.4 is 5.01 Å². The number of aliphatic hydroxyl groups excluding tert-OH is 1. The molecule has 1 N–H and O–H groups in total. The van der Waals surface area contributed by atoms with Gasteiger partial charge in [-0.3, -0.25) is 9.80 Å². The molecule has 0 aliphatic carbocycles. The molecule has 0 radical (unpaired) electrons. The number of rotatable bonds is 5. The Hall–Kier alpha value is -2.66. The van der Waals surface area contributed by atoms with E-state index < -0.39 is 31.3 Å². The fourth-order valence-corrected chi connectivity index (χ4v) is 2.91. The van der Waals surface area contributed by atoms with E-state index in [4.69, 9.17) is 11.6 Å². The number of nitrogens with zero attached hydrogens (tertiary/aromatic N) is 4. The van der Waals surface area contributed by atoms with Crippen molar-refractivity contribution >= 4 is 28.9 Å². The summed E-state index contributed by atoms with van der Waals surface area (Å²) >= 11 is 5.84. The van der Waals surface area contributed by atoms with Gasteiger partial charge in [0.05, 0.1) is 24.6 Å². The number of anilines is 1. The van der Waals surface area contributed by atoms with Crippen LogP contribution in [0.25, 0.3) is 5.70 Å². The molecule has 12 heteroatoms. The van der Waals surface area contributed by atoms with Gasteiger partial charge in [-0.1, -0.05) is 23.7 Å². The van der Waals surface area contributed by atoms with Crippen molar-refractivity contribution in [3.8, 4) is 0 Å². The number of hydrogen-bond acceptors (Lipinski definition) is 4. The lowest BCUT2D eigenvalue weighted by Gasteiger charge is -2.41. The van der Waals surface area contributed by atoms with Gasteiger partial charge in [-0.25, -0.2) is 9.69 Å². The van der Waals surface area contributed by atoms with E-state index in [0.717, 1.165) is 22.4 Å². The van der Waals surface area contributed by atoms with Gasteiger partial charge < -0.3 is 5.11 Å². The first-order valence-electron chi connectivity index (χ1n) is 8.21. The molecule has 0 saturated carbocycles. The van der Waals surface area contributed by atoms with Gasteiger partial charge in [-0.05, 0) is 23.8 Å². The SMILES string of the molecule is O=C1CC=C(c2ccc(Cl)cc2)N(C[C@H](O)C(F)(F)F)N1c1cnn(C(F)F)c1. The van der Waals surface area contributed by atoms with Crippen LogP contribution in [0.4, 0.5) is 27.6 Å². The summed E-state index contributed by atoms with van der Waals surface area (Å²) < 4.78 is 65.0. The van der Waals surface area contributed by atoms with Gasteiger partial charge in [-0.15, -0.1) is 0 Å². The molecule has 6 nitrogen and oxygen atoms in total. The lowest BCUT2D eigenvalue weighted by atomic mass is 10.1. The quantitative estimate of drug-likeness (QED) is 0.723. The molecule has 2 heterocycles. The van der Waals surface area contributed by atoms with Crippen molar-refractivity contribution in [2.24, 2.45) is 0 Å². The third kappa shape index (κ3) is 4.51. The van der Waals surface area contributed by atoms with Crippen molar-refractivity contribution in [1.29, 1.82) is 0 Å². The van der Waals surface area contributed by atoms with Crippen molar-refractivity contribution in [3.63, 3.8) is 0 Å². The summed E-state index contributed by atoms with van der Waals surface area (Å²) in [6.07, 6.45) is -4.79. The van der Waals surface area contributed by atoms with Gasteiger partial charge in [0.15, 0.2) is 6.10 Å². The highest BCUT2D eigenvalue weighted by atomic mass is 35.5. The van der Waals surface area contributed by atoms with Gasteiger partial charge in [0.25, 0.3) is 0 Å². The number of hydrazine groups is 1. The zero-order chi connectivity index (χ0) is 21.3. The molecule has 1 aromatic carbocycles. The first kappa shape index (κ1) is 21.1. The van der Waals surface area contributed by atoms with E-state index in [2.05, 4.69) is 5.10 Å². The van der Waals surface area contributed by atoms with E-state index in [1.165, 1.54) is 30.3 Å². The topological polar surface area (TPSA) is 61.6 Å². The number of carbonyl (C=O) groups excluding carboxylic acids is 1. The summed E-state index contributed by atoms with van der Waals surface area (Å²) in [7, 11) is 0. The Labute approximate surface area is 166 Å². The van der Waals surface area contributed by atoms with Crippen LogP contribution in [0.3, 0.4) is 0 Å². The van der Waals surface area contributed by atoms with E-state index in [0.29, 0.717) is 10.6 Å². The minimum atomic E-state index is -4.95. The third-order valence-electron chi connectivity index (χ3n) is 4.12. The lowest BCUT2D eigenvalue weighted by molar-refractivity contribution is -0.206. The molecule has 29 heavy (non-hydrogen) atoms. The van der Waals surface area contributed by atoms with Gasteiger partial charge in [0.1, 0.15) is 5.69 Å². The zero-order valence-electron chi connectivity index (χ0n) is 14.5. The van der Waals surface area contributed by atoms with Crippen LogP contribution >= 0.6 is 11.6 Å². The molecule has 0 bridgehead atoms. The van der Waals surface area contributed by atoms with Crippen LogP contribution in [0.15, 0.2) is 42.7 Å². The normalized spacial score (nSPS) is 16.4. The molecule has 0 spiro atoms. The molecular formula is C17H14ClF5N4O2. The summed E-state index contributed by atoms with van der Waals surface area (Å²) in [5.41, 5.74) is 0.432. The maximum atomic E-state index is 13.0. The van der Waals surface area contributed by atoms with Crippen LogP contribution in [0.2, 0.25) is 5.02 Å². The second-order valence-electron chi connectivity index (χ2n) is 6.10. The van der Waals surface area contributed by atoms with Crippen LogP contribution in [-0.2, 0) is 4.79 Å². The first-order chi connectivity index (χ1) is 13.6. The van der Waals surface area contributed by atoms with E-state index in [9.17, 15) is 31.9 Å². The number of halogens is 6. The molecular weight excluding hydrogens is 423 g/mol. The highest BCUT2D eigenvalue weighted by molar-refractivity contribution is 6.30. The standard InChI is InChI=1S/C17H14ClF5N4O2/c18-11-3-1-10(2-4-11)13-5-6-15(29)27(12-7-24-25(8-12)16(19)20)26(13)9-14(28)17(21,22)23/h1-5,7-8,14,16,28H,6,9H2/t14-/m0/s1. The minimum absolute atomic E-state index is 0.163. The molecule has 1 aromatic heterocycles. The average molecular weight is 437 g/mol. The zero-order valence-corrected chi connectivity index (χ0v) is 15.3. The van der Waals surface area contributed by atoms with E-state index >= 15 is 0 Å². The fourth-order valence-electron chi connectivity index (χ4n) is 2.78. The summed E-state index contributed by atoms with van der Waals surface area (Å²) in [5.74, 6) is -0.675. The number of β-amino-alcohol motifs (C(OH)–C–C–N with tert-alkyl or cyclic N) is 1. The number of aromatic nitrogens is 2. The maximum absolute atomic E-state index is 13.0. The van der Waals surface area contributed by atoms with E-state index in [1.807, 2.05) is 0 Å². The monoisotopic (exact) mass is 436 g/mol. The molecule has 0 saturated heterocycles. The second kappa shape index (κ2) is 7.99. The van der Waals surface area contributed by atoms with Gasteiger partial charge >= 0.3 is 12.7 Å². The fraction of sp³-hybridized carbons (Fsp3) is 0.294. The predicted octanol–water partition coefficient (Wildman–Crippen LogP) is 3.85. The molecule has 1 amide bonds. The van der Waals surface area contributed by atoms with Gasteiger partial charge in [0, 0.05) is 11.4 Å². The highest BCUT2D eigenvalue weighted by Crippen LogP contribution is 2.33. The molecule has 1 aliphatic rings. The van der Waals surface area contributed by atoms with Crippen molar-refractivity contribution in [2.75, 3.05) is 11.6 Å². The van der Waals surface area contributed by atoms with Crippen LogP contribution in [0, 0.1) is 0 Å². The van der Waals surface area contributed by atoms with Crippen molar-refractivity contribution in [2.45, 2.75) is 25.3 Å². The Morgan fingerprint density at radius 3 is 2.41 bits per heavy atom. The highest BCUT2D eigenvalue weighted by Gasteiger charge is 2.42. The Morgan fingerprint density at radius 1 is 1.21 bits per heavy atom. The van der Waals surface area contributed by atoms with E-state index in [-0.39, 0.29) is 22.5 Å². The maximum Gasteiger partial charge on any atom is 0.416 e. The number of aliphatic hydroxyl groups is 1. The van der Waals surface area contributed by atoms with Crippen LogP contribution in [-0.4, -0.2) is 44.6 Å². The average Bonchev–Trinajstić information content (AvgIpc) is 3.12. The molecule has 3 rings (SSSR count). The van der Waals surface area contributed by atoms with Crippen molar-refractivity contribution < 1.29 is 31.9 Å². The Kier molecular flexibility index (Phi) is 5.80. The number of hydrogen-bond donors (Lipinski definition) is 1. The number of amides is 1. The lowest BCUT2D eigenvalue weighted by Crippen LogP contribution is -2.52. The summed E-state index contributed by atoms with van der Waals surface area (Å²) in [4.78, 5) is 12.5. The Bertz CT molecular complexity index is 913. The van der Waals surface area contributed by atoms with Crippen molar-refractivity contribution in [3.05, 3.63) is 53.3 Å².